The van der Waals surface area contributed by atoms with Gasteiger partial charge in [0.1, 0.15) is 17.4 Å². The number of nitrogens with one attached hydrogen (secondary N) is 2. The molecule has 1 heterocycles. The van der Waals surface area contributed by atoms with Crippen molar-refractivity contribution >= 4 is 28.6 Å². The summed E-state index contributed by atoms with van der Waals surface area (Å²) in [6, 6.07) is 11.6. The van der Waals surface area contributed by atoms with Gasteiger partial charge in [-0.2, -0.15) is 0 Å². The van der Waals surface area contributed by atoms with Crippen molar-refractivity contribution in [3.63, 3.8) is 0 Å². The molecule has 0 unspecified atom stereocenters. The highest BCUT2D eigenvalue weighted by atomic mass is 16.4. The monoisotopic (exact) mass is 353 g/mol. The summed E-state index contributed by atoms with van der Waals surface area (Å²) in [5.41, 5.74) is 13.4. The highest BCUT2D eigenvalue weighted by Gasteiger charge is 2.22. The Labute approximate surface area is 149 Å². The molecule has 3 aromatic rings. The SMILES string of the molecule is NCc1nc2c(C(N)=O)c(N[C@@H](Cc3ccccc3)C(=O)O)ccc2[nH]1. The minimum absolute atomic E-state index is 0.137. The maximum atomic E-state index is 12.0. The molecule has 0 saturated carbocycles. The van der Waals surface area contributed by atoms with E-state index in [2.05, 4.69) is 15.3 Å². The summed E-state index contributed by atoms with van der Waals surface area (Å²) in [6.07, 6.45) is 0.251. The molecule has 0 bridgehead atoms. The van der Waals surface area contributed by atoms with E-state index in [0.717, 1.165) is 5.56 Å². The average Bonchev–Trinajstić information content (AvgIpc) is 3.04. The zero-order valence-corrected chi connectivity index (χ0v) is 13.9. The van der Waals surface area contributed by atoms with E-state index in [1.54, 1.807) is 12.1 Å². The highest BCUT2D eigenvalue weighted by Crippen LogP contribution is 2.25. The Bertz CT molecular complexity index is 952. The Morgan fingerprint density at radius 3 is 2.54 bits per heavy atom. The number of anilines is 1. The maximum absolute atomic E-state index is 12.0. The first-order valence-corrected chi connectivity index (χ1v) is 8.04. The molecule has 8 heteroatoms. The number of nitrogens with two attached hydrogens (primary N) is 2. The van der Waals surface area contributed by atoms with Gasteiger partial charge in [-0.25, -0.2) is 9.78 Å². The number of fused-ring (bicyclic) bond motifs is 1. The number of hydrogen-bond donors (Lipinski definition) is 5. The fourth-order valence-corrected chi connectivity index (χ4v) is 2.83. The molecule has 26 heavy (non-hydrogen) atoms. The minimum Gasteiger partial charge on any atom is -0.480 e. The Kier molecular flexibility index (Phi) is 4.85. The van der Waals surface area contributed by atoms with Gasteiger partial charge in [0.2, 0.25) is 0 Å². The molecule has 0 radical (unpaired) electrons. The molecule has 134 valence electrons. The number of benzene rings is 2. The van der Waals surface area contributed by atoms with Crippen LogP contribution in [0.3, 0.4) is 0 Å². The van der Waals surface area contributed by atoms with Gasteiger partial charge in [-0.05, 0) is 17.7 Å². The van der Waals surface area contributed by atoms with Gasteiger partial charge in [-0.15, -0.1) is 0 Å². The standard InChI is InChI=1S/C18H19N5O3/c19-9-14-22-12-7-6-11(15(17(20)24)16(12)23-14)21-13(18(25)26)8-10-4-2-1-3-5-10/h1-7,13,21H,8-9,19H2,(H2,20,24)(H,22,23)(H,25,26)/t13-/m0/s1. The summed E-state index contributed by atoms with van der Waals surface area (Å²) < 4.78 is 0. The van der Waals surface area contributed by atoms with E-state index < -0.39 is 17.9 Å². The molecule has 0 fully saturated rings. The van der Waals surface area contributed by atoms with Crippen molar-refractivity contribution in [3.8, 4) is 0 Å². The minimum atomic E-state index is -1.03. The number of aromatic nitrogens is 2. The van der Waals surface area contributed by atoms with Crippen LogP contribution >= 0.6 is 0 Å². The second-order valence-corrected chi connectivity index (χ2v) is 5.86. The van der Waals surface area contributed by atoms with Crippen molar-refractivity contribution in [1.29, 1.82) is 0 Å². The predicted octanol–water partition coefficient (Wildman–Crippen LogP) is 1.23. The van der Waals surface area contributed by atoms with Crippen molar-refractivity contribution in [1.82, 2.24) is 9.97 Å². The Morgan fingerprint density at radius 2 is 1.92 bits per heavy atom. The first kappa shape index (κ1) is 17.4. The normalized spacial score (nSPS) is 12.0. The number of rotatable bonds is 7. The number of primary amides is 1. The fourth-order valence-electron chi connectivity index (χ4n) is 2.83. The predicted molar refractivity (Wildman–Crippen MR) is 97.7 cm³/mol. The van der Waals surface area contributed by atoms with Gasteiger partial charge in [0.05, 0.1) is 17.6 Å². The Morgan fingerprint density at radius 1 is 1.19 bits per heavy atom. The summed E-state index contributed by atoms with van der Waals surface area (Å²) in [5, 5.41) is 12.5. The van der Waals surface area contributed by atoms with Gasteiger partial charge in [0.25, 0.3) is 5.91 Å². The molecular formula is C18H19N5O3. The van der Waals surface area contributed by atoms with Crippen LogP contribution in [0.1, 0.15) is 21.7 Å². The number of carbonyl (C=O) groups excluding carboxylic acids is 1. The second kappa shape index (κ2) is 7.24. The zero-order chi connectivity index (χ0) is 18.7. The lowest BCUT2D eigenvalue weighted by Crippen LogP contribution is -2.32. The lowest BCUT2D eigenvalue weighted by Gasteiger charge is -2.18. The highest BCUT2D eigenvalue weighted by molar-refractivity contribution is 6.09. The Hall–Kier alpha value is -3.39. The van der Waals surface area contributed by atoms with Gasteiger partial charge in [-0.3, -0.25) is 4.79 Å². The molecule has 7 N–H and O–H groups in total. The average molecular weight is 353 g/mol. The molecule has 1 amide bonds. The van der Waals surface area contributed by atoms with Crippen LogP contribution in [0.2, 0.25) is 0 Å². The van der Waals surface area contributed by atoms with Crippen LogP contribution in [0.25, 0.3) is 11.0 Å². The van der Waals surface area contributed by atoms with Crippen molar-refractivity contribution in [3.05, 3.63) is 59.4 Å². The van der Waals surface area contributed by atoms with E-state index in [0.29, 0.717) is 22.5 Å². The Balaban J connectivity index is 1.98. The van der Waals surface area contributed by atoms with Crippen LogP contribution in [0, 0.1) is 0 Å². The van der Waals surface area contributed by atoms with Crippen molar-refractivity contribution < 1.29 is 14.7 Å². The van der Waals surface area contributed by atoms with E-state index in [1.165, 1.54) is 0 Å². The lowest BCUT2D eigenvalue weighted by molar-refractivity contribution is -0.137. The van der Waals surface area contributed by atoms with Crippen LogP contribution in [0.4, 0.5) is 5.69 Å². The molecule has 0 aliphatic rings. The molecule has 0 aliphatic carbocycles. The number of aliphatic carboxylic acids is 1. The molecule has 2 aromatic carbocycles. The quantitative estimate of drug-likeness (QED) is 0.431. The number of carboxylic acids is 1. The van der Waals surface area contributed by atoms with Crippen LogP contribution < -0.4 is 16.8 Å². The van der Waals surface area contributed by atoms with Crippen LogP contribution in [0.5, 0.6) is 0 Å². The molecule has 0 aliphatic heterocycles. The summed E-state index contributed by atoms with van der Waals surface area (Å²) >= 11 is 0. The fraction of sp³-hybridized carbons (Fsp3) is 0.167. The third-order valence-electron chi connectivity index (χ3n) is 4.05. The first-order valence-electron chi connectivity index (χ1n) is 8.04. The van der Waals surface area contributed by atoms with E-state index >= 15 is 0 Å². The van der Waals surface area contributed by atoms with E-state index in [1.807, 2.05) is 30.3 Å². The summed E-state index contributed by atoms with van der Waals surface area (Å²) in [5.74, 6) is -1.22. The van der Waals surface area contributed by atoms with Gasteiger partial charge in [-0.1, -0.05) is 30.3 Å². The summed E-state index contributed by atoms with van der Waals surface area (Å²) in [6.45, 7) is 0.182. The molecule has 8 nitrogen and oxygen atoms in total. The summed E-state index contributed by atoms with van der Waals surface area (Å²) in [7, 11) is 0. The van der Waals surface area contributed by atoms with Crippen molar-refractivity contribution in [2.24, 2.45) is 11.5 Å². The number of carbonyl (C=O) groups is 2. The second-order valence-electron chi connectivity index (χ2n) is 5.86. The van der Waals surface area contributed by atoms with Gasteiger partial charge < -0.3 is 26.9 Å². The van der Waals surface area contributed by atoms with Crippen LogP contribution in [0.15, 0.2) is 42.5 Å². The van der Waals surface area contributed by atoms with Gasteiger partial charge in [0, 0.05) is 12.1 Å². The van der Waals surface area contributed by atoms with E-state index in [4.69, 9.17) is 11.5 Å². The number of nitrogens with zero attached hydrogens (tertiary/aromatic N) is 1. The number of H-pyrrole nitrogens is 1. The third kappa shape index (κ3) is 3.50. The summed E-state index contributed by atoms with van der Waals surface area (Å²) in [4.78, 5) is 31.0. The topological polar surface area (TPSA) is 147 Å². The largest absolute Gasteiger partial charge is 0.480 e. The molecule has 1 aromatic heterocycles. The smallest absolute Gasteiger partial charge is 0.326 e. The number of aromatic amines is 1. The van der Waals surface area contributed by atoms with Crippen molar-refractivity contribution in [2.45, 2.75) is 19.0 Å². The molecule has 1 atom stereocenters. The van der Waals surface area contributed by atoms with Crippen LogP contribution in [-0.4, -0.2) is 33.0 Å². The van der Waals surface area contributed by atoms with Crippen LogP contribution in [-0.2, 0) is 17.8 Å². The number of hydrogen-bond acceptors (Lipinski definition) is 5. The first-order chi connectivity index (χ1) is 12.5. The third-order valence-corrected chi connectivity index (χ3v) is 4.05. The van der Waals surface area contributed by atoms with Crippen molar-refractivity contribution in [2.75, 3.05) is 5.32 Å². The van der Waals surface area contributed by atoms with Gasteiger partial charge >= 0.3 is 5.97 Å². The number of amides is 1. The molecule has 3 rings (SSSR count). The number of carboxylic acid groups (broad SMARTS) is 1. The molecule has 0 spiro atoms. The number of imidazole rings is 1. The van der Waals surface area contributed by atoms with E-state index in [9.17, 15) is 14.7 Å². The molecular weight excluding hydrogens is 334 g/mol. The molecule has 0 saturated heterocycles. The zero-order valence-electron chi connectivity index (χ0n) is 13.9. The lowest BCUT2D eigenvalue weighted by atomic mass is 10.0. The maximum Gasteiger partial charge on any atom is 0.326 e. The van der Waals surface area contributed by atoms with E-state index in [-0.39, 0.29) is 18.5 Å². The van der Waals surface area contributed by atoms with Gasteiger partial charge in [0.15, 0.2) is 0 Å².